The van der Waals surface area contributed by atoms with Crippen molar-refractivity contribution in [2.75, 3.05) is 64.4 Å². The van der Waals surface area contributed by atoms with Gasteiger partial charge in [-0.05, 0) is 12.1 Å². The number of nitrogens with zero attached hydrogens (tertiary/aromatic N) is 3. The molecule has 8 nitrogen and oxygen atoms in total. The first kappa shape index (κ1) is 18.5. The number of morpholine rings is 1. The smallest absolute Gasteiger partial charge is 0.163 e. The van der Waals surface area contributed by atoms with Crippen molar-refractivity contribution in [2.24, 2.45) is 0 Å². The Morgan fingerprint density at radius 3 is 2.61 bits per heavy atom. The highest BCUT2D eigenvalue weighted by Gasteiger charge is 2.17. The van der Waals surface area contributed by atoms with Gasteiger partial charge in [-0.25, -0.2) is 4.98 Å². The zero-order valence-corrected chi connectivity index (χ0v) is 16.1. The van der Waals surface area contributed by atoms with E-state index >= 15 is 0 Å². The van der Waals surface area contributed by atoms with Gasteiger partial charge in [-0.3, -0.25) is 4.98 Å². The van der Waals surface area contributed by atoms with Crippen molar-refractivity contribution in [3.05, 3.63) is 24.4 Å². The van der Waals surface area contributed by atoms with Gasteiger partial charge in [-0.1, -0.05) is 0 Å². The predicted molar refractivity (Wildman–Crippen MR) is 108 cm³/mol. The van der Waals surface area contributed by atoms with E-state index in [0.29, 0.717) is 43.7 Å². The van der Waals surface area contributed by atoms with Gasteiger partial charge in [0.15, 0.2) is 11.5 Å². The normalized spacial score (nSPS) is 14.6. The highest BCUT2D eigenvalue weighted by molar-refractivity contribution is 6.10. The van der Waals surface area contributed by atoms with Crippen molar-refractivity contribution in [1.29, 1.82) is 0 Å². The minimum absolute atomic E-state index is 0.435. The molecule has 1 aliphatic rings. The van der Waals surface area contributed by atoms with Gasteiger partial charge in [0, 0.05) is 48.6 Å². The first-order valence-electron chi connectivity index (χ1n) is 9.22. The van der Waals surface area contributed by atoms with Crippen LogP contribution in [0.3, 0.4) is 0 Å². The third-order valence-electron chi connectivity index (χ3n) is 4.86. The largest absolute Gasteiger partial charge is 0.493 e. The molecule has 1 saturated heterocycles. The van der Waals surface area contributed by atoms with Crippen molar-refractivity contribution >= 4 is 33.3 Å². The van der Waals surface area contributed by atoms with Crippen molar-refractivity contribution in [3.63, 3.8) is 0 Å². The summed E-state index contributed by atoms with van der Waals surface area (Å²) in [5.74, 6) is 2.59. The Morgan fingerprint density at radius 2 is 1.86 bits per heavy atom. The molecule has 4 rings (SSSR count). The number of anilines is 2. The van der Waals surface area contributed by atoms with Gasteiger partial charge in [-0.2, -0.15) is 0 Å². The van der Waals surface area contributed by atoms with Crippen LogP contribution in [0.25, 0.3) is 21.7 Å². The molecule has 28 heavy (non-hydrogen) atoms. The molecule has 0 unspecified atom stereocenters. The van der Waals surface area contributed by atoms with Crippen LogP contribution in [-0.4, -0.2) is 63.7 Å². The number of aromatic nitrogens is 2. The molecule has 1 fully saturated rings. The summed E-state index contributed by atoms with van der Waals surface area (Å²) >= 11 is 0. The van der Waals surface area contributed by atoms with E-state index in [0.717, 1.165) is 40.6 Å². The number of ether oxygens (including phenoxy) is 4. The molecule has 1 aromatic carbocycles. The molecule has 1 aliphatic heterocycles. The number of benzene rings is 1. The number of fused-ring (bicyclic) bond motifs is 3. The summed E-state index contributed by atoms with van der Waals surface area (Å²) < 4.78 is 21.8. The van der Waals surface area contributed by atoms with Crippen molar-refractivity contribution < 1.29 is 18.9 Å². The fourth-order valence-electron chi connectivity index (χ4n) is 3.39. The summed E-state index contributed by atoms with van der Waals surface area (Å²) in [6, 6.07) is 5.88. The Kier molecular flexibility index (Phi) is 5.31. The first-order chi connectivity index (χ1) is 13.7. The summed E-state index contributed by atoms with van der Waals surface area (Å²) in [5.41, 5.74) is 7.06. The number of nitrogens with two attached hydrogens (primary N) is 1. The molecule has 3 heterocycles. The number of rotatable bonds is 6. The Morgan fingerprint density at radius 1 is 1.04 bits per heavy atom. The van der Waals surface area contributed by atoms with Crippen molar-refractivity contribution in [2.45, 2.75) is 0 Å². The maximum Gasteiger partial charge on any atom is 0.163 e. The van der Waals surface area contributed by atoms with Gasteiger partial charge in [0.2, 0.25) is 0 Å². The SMILES string of the molecule is COCCOc1cc2ncc3c(N)nc(N4CCOCC4)cc3c2cc1OC. The van der Waals surface area contributed by atoms with Crippen LogP contribution in [0, 0.1) is 0 Å². The van der Waals surface area contributed by atoms with Crippen LogP contribution in [0.15, 0.2) is 24.4 Å². The average Bonchev–Trinajstić information content (AvgIpc) is 2.73. The lowest BCUT2D eigenvalue weighted by molar-refractivity contribution is 0.122. The van der Waals surface area contributed by atoms with E-state index in [1.54, 1.807) is 20.4 Å². The fourth-order valence-corrected chi connectivity index (χ4v) is 3.39. The van der Waals surface area contributed by atoms with Gasteiger partial charge >= 0.3 is 0 Å². The zero-order chi connectivity index (χ0) is 19.5. The van der Waals surface area contributed by atoms with E-state index in [1.165, 1.54) is 0 Å². The van der Waals surface area contributed by atoms with Crippen LogP contribution in [0.4, 0.5) is 11.6 Å². The van der Waals surface area contributed by atoms with Crippen LogP contribution < -0.4 is 20.1 Å². The third kappa shape index (κ3) is 3.48. The van der Waals surface area contributed by atoms with E-state index in [-0.39, 0.29) is 0 Å². The summed E-state index contributed by atoms with van der Waals surface area (Å²) in [5, 5.41) is 2.75. The van der Waals surface area contributed by atoms with Gasteiger partial charge in [0.05, 0.1) is 32.4 Å². The summed E-state index contributed by atoms with van der Waals surface area (Å²) in [6.45, 7) is 3.89. The molecule has 8 heteroatoms. The third-order valence-corrected chi connectivity index (χ3v) is 4.86. The van der Waals surface area contributed by atoms with E-state index < -0.39 is 0 Å². The maximum absolute atomic E-state index is 6.26. The Labute approximate surface area is 163 Å². The van der Waals surface area contributed by atoms with Gasteiger partial charge in [0.1, 0.15) is 18.2 Å². The second-order valence-electron chi connectivity index (χ2n) is 6.55. The molecule has 2 aromatic heterocycles. The molecular weight excluding hydrogens is 360 g/mol. The summed E-state index contributed by atoms with van der Waals surface area (Å²) in [6.07, 6.45) is 1.76. The molecule has 2 N–H and O–H groups in total. The standard InChI is InChI=1S/C20H24N4O4/c1-25-7-8-28-18-11-16-14(9-17(18)26-2)13-10-19(24-3-5-27-6-4-24)23-20(21)15(13)12-22-16/h9-12H,3-8H2,1-2H3,(H2,21,23). The Bertz CT molecular complexity index is 989. The Balaban J connectivity index is 1.83. The molecule has 3 aromatic rings. The van der Waals surface area contributed by atoms with E-state index in [9.17, 15) is 0 Å². The molecule has 0 bridgehead atoms. The first-order valence-corrected chi connectivity index (χ1v) is 9.22. The van der Waals surface area contributed by atoms with E-state index in [1.807, 2.05) is 12.1 Å². The van der Waals surface area contributed by atoms with Gasteiger partial charge < -0.3 is 29.6 Å². The highest BCUT2D eigenvalue weighted by Crippen LogP contribution is 2.37. The lowest BCUT2D eigenvalue weighted by Crippen LogP contribution is -2.36. The molecule has 0 saturated carbocycles. The quantitative estimate of drug-likeness (QED) is 0.511. The summed E-state index contributed by atoms with van der Waals surface area (Å²) in [4.78, 5) is 11.3. The fraction of sp³-hybridized carbons (Fsp3) is 0.400. The molecule has 0 spiro atoms. The average molecular weight is 384 g/mol. The maximum atomic E-state index is 6.26. The van der Waals surface area contributed by atoms with Crippen LogP contribution >= 0.6 is 0 Å². The lowest BCUT2D eigenvalue weighted by Gasteiger charge is -2.28. The van der Waals surface area contributed by atoms with E-state index in [4.69, 9.17) is 24.7 Å². The van der Waals surface area contributed by atoms with Crippen molar-refractivity contribution in [3.8, 4) is 11.5 Å². The van der Waals surface area contributed by atoms with Gasteiger partial charge in [-0.15, -0.1) is 0 Å². The molecule has 0 amide bonds. The monoisotopic (exact) mass is 384 g/mol. The minimum atomic E-state index is 0.435. The topological polar surface area (TPSA) is 92.0 Å². The number of methoxy groups -OCH3 is 2. The lowest BCUT2D eigenvalue weighted by atomic mass is 10.1. The number of nitrogen functional groups attached to an aromatic ring is 1. The second kappa shape index (κ2) is 8.04. The number of hydrogen-bond acceptors (Lipinski definition) is 8. The van der Waals surface area contributed by atoms with Crippen LogP contribution in [0.2, 0.25) is 0 Å². The number of pyridine rings is 2. The van der Waals surface area contributed by atoms with E-state index in [2.05, 4.69) is 20.9 Å². The van der Waals surface area contributed by atoms with Crippen molar-refractivity contribution in [1.82, 2.24) is 9.97 Å². The predicted octanol–water partition coefficient (Wildman–Crippen LogP) is 2.24. The van der Waals surface area contributed by atoms with Crippen LogP contribution in [0.1, 0.15) is 0 Å². The minimum Gasteiger partial charge on any atom is -0.493 e. The number of hydrogen-bond donors (Lipinski definition) is 1. The second-order valence-corrected chi connectivity index (χ2v) is 6.55. The van der Waals surface area contributed by atoms with Crippen LogP contribution in [-0.2, 0) is 9.47 Å². The zero-order valence-electron chi connectivity index (χ0n) is 16.1. The summed E-state index contributed by atoms with van der Waals surface area (Å²) in [7, 11) is 3.26. The van der Waals surface area contributed by atoms with Gasteiger partial charge in [0.25, 0.3) is 0 Å². The highest BCUT2D eigenvalue weighted by atomic mass is 16.5. The molecule has 0 atom stereocenters. The van der Waals surface area contributed by atoms with Crippen LogP contribution in [0.5, 0.6) is 11.5 Å². The molecule has 0 aliphatic carbocycles. The molecular formula is C20H24N4O4. The molecule has 148 valence electrons. The molecule has 0 radical (unpaired) electrons. The Hall–Kier alpha value is -2.84.